The summed E-state index contributed by atoms with van der Waals surface area (Å²) in [5, 5.41) is 13.0. The Morgan fingerprint density at radius 3 is 2.57 bits per heavy atom. The maximum absolute atomic E-state index is 9.07. The molecule has 0 unspecified atom stereocenters. The van der Waals surface area contributed by atoms with Gasteiger partial charge in [-0.05, 0) is 12.1 Å². The molecule has 0 atom stereocenters. The molecule has 0 saturated carbocycles. The molecular weight excluding hydrogens is 198 g/mol. The van der Waals surface area contributed by atoms with Crippen molar-refractivity contribution in [3.63, 3.8) is 0 Å². The lowest BCUT2D eigenvalue weighted by Gasteiger charge is -2.22. The van der Waals surface area contributed by atoms with Crippen LogP contribution in [0.5, 0.6) is 0 Å². The number of benzene rings is 1. The van der Waals surface area contributed by atoms with Crippen LogP contribution in [0.15, 0.2) is 24.3 Å². The van der Waals surface area contributed by atoms with Gasteiger partial charge in [-0.2, -0.15) is 0 Å². The first-order valence-corrected chi connectivity index (χ1v) is 5.02. The molecular formula is C11H16ClNO. The molecule has 0 aromatic heterocycles. The molecule has 0 aliphatic rings. The Balaban J connectivity index is 2.58. The van der Waals surface area contributed by atoms with Gasteiger partial charge >= 0.3 is 0 Å². The Morgan fingerprint density at radius 1 is 1.36 bits per heavy atom. The van der Waals surface area contributed by atoms with Crippen LogP contribution in [-0.2, 0) is 0 Å². The van der Waals surface area contributed by atoms with Crippen molar-refractivity contribution < 1.29 is 5.11 Å². The van der Waals surface area contributed by atoms with E-state index in [-0.39, 0.29) is 12.0 Å². The monoisotopic (exact) mass is 213 g/mol. The van der Waals surface area contributed by atoms with Crippen LogP contribution in [0.4, 0.5) is 5.69 Å². The average molecular weight is 214 g/mol. The lowest BCUT2D eigenvalue weighted by atomic mass is 9.95. The molecule has 0 saturated heterocycles. The van der Waals surface area contributed by atoms with Gasteiger partial charge in [0.15, 0.2) is 0 Å². The third kappa shape index (κ3) is 3.20. The maximum Gasteiger partial charge on any atom is 0.0637 e. The topological polar surface area (TPSA) is 32.3 Å². The van der Waals surface area contributed by atoms with Crippen molar-refractivity contribution in [3.8, 4) is 0 Å². The van der Waals surface area contributed by atoms with Crippen LogP contribution in [0, 0.1) is 5.41 Å². The van der Waals surface area contributed by atoms with Crippen molar-refractivity contribution >= 4 is 17.3 Å². The minimum Gasteiger partial charge on any atom is -0.396 e. The predicted octanol–water partition coefficient (Wildman–Crippen LogP) is 2.77. The molecule has 1 rings (SSSR count). The summed E-state index contributed by atoms with van der Waals surface area (Å²) in [5.41, 5.74) is 0.787. The average Bonchev–Trinajstić information content (AvgIpc) is 2.17. The standard InChI is InChI=1S/C11H16ClNO/c1-11(2,8-14)7-13-10-6-4-3-5-9(10)12/h3-6,13-14H,7-8H2,1-2H3. The summed E-state index contributed by atoms with van der Waals surface area (Å²) >= 11 is 5.97. The van der Waals surface area contributed by atoms with Crippen LogP contribution >= 0.6 is 11.6 Å². The minimum atomic E-state index is -0.126. The molecule has 0 radical (unpaired) electrons. The molecule has 3 heteroatoms. The van der Waals surface area contributed by atoms with Gasteiger partial charge in [-0.1, -0.05) is 37.6 Å². The normalized spacial score (nSPS) is 11.4. The highest BCUT2D eigenvalue weighted by Gasteiger charge is 2.16. The van der Waals surface area contributed by atoms with Crippen LogP contribution in [-0.4, -0.2) is 18.3 Å². The van der Waals surface area contributed by atoms with Gasteiger partial charge in [0, 0.05) is 18.6 Å². The van der Waals surface area contributed by atoms with Crippen molar-refractivity contribution in [3.05, 3.63) is 29.3 Å². The first-order chi connectivity index (χ1) is 6.55. The van der Waals surface area contributed by atoms with E-state index < -0.39 is 0 Å². The van der Waals surface area contributed by atoms with Crippen LogP contribution in [0.25, 0.3) is 0 Å². The summed E-state index contributed by atoms with van der Waals surface area (Å²) < 4.78 is 0. The number of aliphatic hydroxyl groups excluding tert-OH is 1. The predicted molar refractivity (Wildman–Crippen MR) is 60.8 cm³/mol. The quantitative estimate of drug-likeness (QED) is 0.806. The van der Waals surface area contributed by atoms with Gasteiger partial charge < -0.3 is 10.4 Å². The zero-order valence-corrected chi connectivity index (χ0v) is 9.30. The van der Waals surface area contributed by atoms with Gasteiger partial charge in [-0.25, -0.2) is 0 Å². The number of aliphatic hydroxyl groups is 1. The molecule has 1 aromatic rings. The van der Waals surface area contributed by atoms with Crippen molar-refractivity contribution in [1.82, 2.24) is 0 Å². The highest BCUT2D eigenvalue weighted by Crippen LogP contribution is 2.22. The molecule has 78 valence electrons. The zero-order chi connectivity index (χ0) is 10.6. The van der Waals surface area contributed by atoms with Crippen molar-refractivity contribution in [1.29, 1.82) is 0 Å². The molecule has 1 aromatic carbocycles. The van der Waals surface area contributed by atoms with Gasteiger partial charge in [-0.15, -0.1) is 0 Å². The summed E-state index contributed by atoms with van der Waals surface area (Å²) in [5.74, 6) is 0. The molecule has 0 fully saturated rings. The van der Waals surface area contributed by atoms with Crippen LogP contribution in [0.1, 0.15) is 13.8 Å². The largest absolute Gasteiger partial charge is 0.396 e. The SMILES string of the molecule is CC(C)(CO)CNc1ccccc1Cl. The van der Waals surface area contributed by atoms with Crippen molar-refractivity contribution in [2.24, 2.45) is 5.41 Å². The number of hydrogen-bond donors (Lipinski definition) is 2. The summed E-state index contributed by atoms with van der Waals surface area (Å²) in [7, 11) is 0. The first kappa shape index (κ1) is 11.3. The second kappa shape index (κ2) is 4.67. The molecule has 0 aliphatic heterocycles. The number of hydrogen-bond acceptors (Lipinski definition) is 2. The van der Waals surface area contributed by atoms with Gasteiger partial charge in [0.1, 0.15) is 0 Å². The lowest BCUT2D eigenvalue weighted by Crippen LogP contribution is -2.26. The Morgan fingerprint density at radius 2 is 2.00 bits per heavy atom. The second-order valence-corrected chi connectivity index (χ2v) is 4.56. The van der Waals surface area contributed by atoms with E-state index >= 15 is 0 Å². The van der Waals surface area contributed by atoms with E-state index in [0.29, 0.717) is 11.6 Å². The van der Waals surface area contributed by atoms with Crippen molar-refractivity contribution in [2.45, 2.75) is 13.8 Å². The molecule has 14 heavy (non-hydrogen) atoms. The molecule has 0 heterocycles. The molecule has 0 amide bonds. The summed E-state index contributed by atoms with van der Waals surface area (Å²) in [4.78, 5) is 0. The van der Waals surface area contributed by atoms with Gasteiger partial charge in [0.2, 0.25) is 0 Å². The maximum atomic E-state index is 9.07. The van der Waals surface area contributed by atoms with Crippen LogP contribution in [0.2, 0.25) is 5.02 Å². The van der Waals surface area contributed by atoms with Crippen molar-refractivity contribution in [2.75, 3.05) is 18.5 Å². The second-order valence-electron chi connectivity index (χ2n) is 4.16. The number of halogens is 1. The zero-order valence-electron chi connectivity index (χ0n) is 8.55. The minimum absolute atomic E-state index is 0.126. The van der Waals surface area contributed by atoms with Gasteiger partial charge in [0.05, 0.1) is 10.7 Å². The molecule has 2 nitrogen and oxygen atoms in total. The Kier molecular flexibility index (Phi) is 3.78. The number of rotatable bonds is 4. The Labute approximate surface area is 89.9 Å². The summed E-state index contributed by atoms with van der Waals surface area (Å²) in [6, 6.07) is 7.59. The van der Waals surface area contributed by atoms with Crippen LogP contribution in [0.3, 0.4) is 0 Å². The van der Waals surface area contributed by atoms with E-state index in [0.717, 1.165) is 5.69 Å². The molecule has 0 spiro atoms. The summed E-state index contributed by atoms with van der Waals surface area (Å²) in [6.07, 6.45) is 0. The fourth-order valence-electron chi connectivity index (χ4n) is 0.995. The highest BCUT2D eigenvalue weighted by atomic mass is 35.5. The number of anilines is 1. The molecule has 0 aliphatic carbocycles. The first-order valence-electron chi connectivity index (χ1n) is 4.64. The van der Waals surface area contributed by atoms with E-state index in [1.165, 1.54) is 0 Å². The fraction of sp³-hybridized carbons (Fsp3) is 0.455. The van der Waals surface area contributed by atoms with E-state index in [1.807, 2.05) is 38.1 Å². The van der Waals surface area contributed by atoms with Crippen LogP contribution < -0.4 is 5.32 Å². The third-order valence-corrected chi connectivity index (χ3v) is 2.39. The fourth-order valence-corrected chi connectivity index (χ4v) is 1.20. The van der Waals surface area contributed by atoms with Gasteiger partial charge in [-0.3, -0.25) is 0 Å². The van der Waals surface area contributed by atoms with E-state index in [4.69, 9.17) is 16.7 Å². The Hall–Kier alpha value is -0.730. The van der Waals surface area contributed by atoms with Gasteiger partial charge in [0.25, 0.3) is 0 Å². The number of para-hydroxylation sites is 1. The Bertz CT molecular complexity index is 299. The molecule has 2 N–H and O–H groups in total. The van der Waals surface area contributed by atoms with E-state index in [9.17, 15) is 0 Å². The third-order valence-electron chi connectivity index (χ3n) is 2.06. The lowest BCUT2D eigenvalue weighted by molar-refractivity contribution is 0.171. The highest BCUT2D eigenvalue weighted by molar-refractivity contribution is 6.33. The smallest absolute Gasteiger partial charge is 0.0637 e. The van der Waals surface area contributed by atoms with E-state index in [2.05, 4.69) is 5.32 Å². The number of nitrogens with one attached hydrogen (secondary N) is 1. The molecule has 0 bridgehead atoms. The van der Waals surface area contributed by atoms with E-state index in [1.54, 1.807) is 0 Å². The summed E-state index contributed by atoms with van der Waals surface area (Å²) in [6.45, 7) is 4.85.